The molecule has 6 heterocycles. The minimum Gasteiger partial charge on any atom is -0.441 e. The molecule has 0 aromatic carbocycles. The Morgan fingerprint density at radius 2 is 1.16 bits per heavy atom. The molecule has 6 aromatic heterocycles. The fourth-order valence-electron chi connectivity index (χ4n) is 6.10. The van der Waals surface area contributed by atoms with E-state index in [1.165, 1.54) is 9.36 Å². The smallest absolute Gasteiger partial charge is 0.413 e. The van der Waals surface area contributed by atoms with Crippen molar-refractivity contribution in [2.45, 2.75) is 53.2 Å². The van der Waals surface area contributed by atoms with Gasteiger partial charge in [-0.3, -0.25) is 30.0 Å². The summed E-state index contributed by atoms with van der Waals surface area (Å²) in [6.07, 6.45) is 5.28. The van der Waals surface area contributed by atoms with E-state index < -0.39 is 44.4 Å². The van der Waals surface area contributed by atoms with Crippen LogP contribution in [0.25, 0.3) is 28.9 Å². The average Bonchev–Trinajstić information content (AvgIpc) is 3.78. The van der Waals surface area contributed by atoms with Gasteiger partial charge in [-0.15, -0.1) is 10.2 Å². The first kappa shape index (κ1) is 47.7. The fraction of sp³-hybridized carbons (Fsp3) is 0.300. The summed E-state index contributed by atoms with van der Waals surface area (Å²) in [6.45, 7) is 12.5. The minimum atomic E-state index is -3.44. The Labute approximate surface area is 370 Å². The van der Waals surface area contributed by atoms with E-state index in [0.29, 0.717) is 62.6 Å². The van der Waals surface area contributed by atoms with Gasteiger partial charge in [0.1, 0.15) is 12.2 Å². The van der Waals surface area contributed by atoms with E-state index in [9.17, 15) is 26.4 Å². The third-order valence-corrected chi connectivity index (χ3v) is 10.3. The van der Waals surface area contributed by atoms with E-state index in [4.69, 9.17) is 9.47 Å². The first-order valence-electron chi connectivity index (χ1n) is 19.3. The van der Waals surface area contributed by atoms with Crippen LogP contribution in [0.1, 0.15) is 66.9 Å². The van der Waals surface area contributed by atoms with Crippen LogP contribution < -0.4 is 20.1 Å². The Hall–Kier alpha value is -7.34. The molecule has 0 spiro atoms. The number of anilines is 4. The highest BCUT2D eigenvalue weighted by Crippen LogP contribution is 2.29. The highest BCUT2D eigenvalue weighted by atomic mass is 32.2. The molecular weight excluding hydrogens is 869 g/mol. The lowest BCUT2D eigenvalue weighted by atomic mass is 10.1. The number of hydrogen-bond acceptors (Lipinski definition) is 16. The first-order chi connectivity index (χ1) is 30.2. The van der Waals surface area contributed by atoms with Crippen molar-refractivity contribution >= 4 is 61.3 Å². The topological polar surface area (TPSA) is 282 Å². The SMILES string of the molecule is C=Cc1ncccc1[C@@H](C)OC(=O)Nc1c(-c2ccc(NS(C)(=O)=O)c(C)n2)nnn1C.CCc1ncccc1[C@@H](C)OC(=O)Nc1c(-c2ccc(NS(C)(=O)=O)c(C)n2)nnn1C. The highest BCUT2D eigenvalue weighted by Gasteiger charge is 2.23. The molecule has 0 bridgehead atoms. The maximum Gasteiger partial charge on any atom is 0.413 e. The maximum absolute atomic E-state index is 12.6. The van der Waals surface area contributed by atoms with Gasteiger partial charge in [-0.25, -0.2) is 45.8 Å². The summed E-state index contributed by atoms with van der Waals surface area (Å²) in [6, 6.07) is 13.5. The van der Waals surface area contributed by atoms with Crippen LogP contribution in [0.2, 0.25) is 0 Å². The average molecular weight is 917 g/mol. The summed E-state index contributed by atoms with van der Waals surface area (Å²) < 4.78 is 64.5. The number of hydrogen-bond donors (Lipinski definition) is 4. The lowest BCUT2D eigenvalue weighted by molar-refractivity contribution is 0.119. The third kappa shape index (κ3) is 12.4. The molecule has 6 aromatic rings. The van der Waals surface area contributed by atoms with Gasteiger partial charge in [0.25, 0.3) is 0 Å². The quantitative estimate of drug-likeness (QED) is 0.101. The van der Waals surface area contributed by atoms with Crippen molar-refractivity contribution in [2.75, 3.05) is 32.6 Å². The molecule has 0 radical (unpaired) electrons. The molecule has 2 amide bonds. The van der Waals surface area contributed by atoms with Gasteiger partial charge in [-0.05, 0) is 76.6 Å². The second kappa shape index (κ2) is 20.2. The largest absolute Gasteiger partial charge is 0.441 e. The summed E-state index contributed by atoms with van der Waals surface area (Å²) in [5.74, 6) is 0.563. The van der Waals surface area contributed by atoms with E-state index in [0.717, 1.165) is 30.2 Å². The number of ether oxygens (including phenoxy) is 2. The Morgan fingerprint density at radius 1 is 0.719 bits per heavy atom. The maximum atomic E-state index is 12.6. The number of aromatic nitrogens is 10. The third-order valence-electron chi connectivity index (χ3n) is 9.11. The number of carbonyl (C=O) groups is 2. The van der Waals surface area contributed by atoms with E-state index in [2.05, 4.69) is 67.2 Å². The van der Waals surface area contributed by atoms with Gasteiger partial charge in [0, 0.05) is 43.3 Å². The van der Waals surface area contributed by atoms with Crippen LogP contribution in [0.5, 0.6) is 0 Å². The van der Waals surface area contributed by atoms with Crippen LogP contribution in [-0.2, 0) is 50.0 Å². The number of sulfonamides is 2. The molecule has 0 aliphatic rings. The van der Waals surface area contributed by atoms with Crippen molar-refractivity contribution in [2.24, 2.45) is 14.1 Å². The van der Waals surface area contributed by atoms with Crippen molar-refractivity contribution in [1.82, 2.24) is 49.9 Å². The van der Waals surface area contributed by atoms with Crippen LogP contribution in [0.15, 0.2) is 67.5 Å². The van der Waals surface area contributed by atoms with Gasteiger partial charge in [-0.1, -0.05) is 36.1 Å². The number of carbonyl (C=O) groups excluding carboxylic acids is 2. The Balaban J connectivity index is 0.000000241. The molecule has 338 valence electrons. The van der Waals surface area contributed by atoms with Crippen LogP contribution in [0.3, 0.4) is 0 Å². The fourth-order valence-corrected chi connectivity index (χ4v) is 7.33. The molecule has 64 heavy (non-hydrogen) atoms. The summed E-state index contributed by atoms with van der Waals surface area (Å²) in [4.78, 5) is 42.5. The predicted molar refractivity (Wildman–Crippen MR) is 240 cm³/mol. The molecule has 0 saturated carbocycles. The van der Waals surface area contributed by atoms with Gasteiger partial charge < -0.3 is 9.47 Å². The minimum absolute atomic E-state index is 0.271. The van der Waals surface area contributed by atoms with Crippen molar-refractivity contribution < 1.29 is 35.9 Å². The lowest BCUT2D eigenvalue weighted by Crippen LogP contribution is -2.19. The van der Waals surface area contributed by atoms with Crippen molar-refractivity contribution in [1.29, 1.82) is 0 Å². The Morgan fingerprint density at radius 3 is 1.58 bits per heavy atom. The number of aryl methyl sites for hydroxylation is 5. The Kier molecular flexibility index (Phi) is 15.1. The van der Waals surface area contributed by atoms with Crippen LogP contribution in [0.4, 0.5) is 32.6 Å². The normalized spacial score (nSPS) is 12.2. The predicted octanol–water partition coefficient (Wildman–Crippen LogP) is 5.73. The van der Waals surface area contributed by atoms with Crippen LogP contribution in [0, 0.1) is 13.8 Å². The molecule has 22 nitrogen and oxygen atoms in total. The second-order valence-corrected chi connectivity index (χ2v) is 17.6. The van der Waals surface area contributed by atoms with E-state index in [1.807, 2.05) is 13.0 Å². The second-order valence-electron chi connectivity index (χ2n) is 14.1. The van der Waals surface area contributed by atoms with Crippen molar-refractivity contribution in [3.05, 3.63) is 101 Å². The van der Waals surface area contributed by atoms with E-state index >= 15 is 0 Å². The number of nitrogens with one attached hydrogen (secondary N) is 4. The molecule has 6 rings (SSSR count). The summed E-state index contributed by atoms with van der Waals surface area (Å²) in [7, 11) is -3.65. The molecule has 0 fully saturated rings. The summed E-state index contributed by atoms with van der Waals surface area (Å²) >= 11 is 0. The van der Waals surface area contributed by atoms with Gasteiger partial charge in [0.05, 0.1) is 52.4 Å². The summed E-state index contributed by atoms with van der Waals surface area (Å²) in [5.41, 5.74) is 6.06. The molecule has 0 aliphatic heterocycles. The molecular formula is C40H48N14O8S2. The zero-order chi connectivity index (χ0) is 46.9. The number of nitrogens with zero attached hydrogens (tertiary/aromatic N) is 10. The summed E-state index contributed by atoms with van der Waals surface area (Å²) in [5, 5.41) is 21.4. The molecule has 2 atom stereocenters. The highest BCUT2D eigenvalue weighted by molar-refractivity contribution is 7.92. The van der Waals surface area contributed by atoms with Crippen molar-refractivity contribution in [3.63, 3.8) is 0 Å². The van der Waals surface area contributed by atoms with Crippen LogP contribution in [-0.4, -0.2) is 91.5 Å². The standard InChI is InChI=1S/C20H25N7O4S.C20H23N7O4S/c2*1-6-15-14(8-7-11-21-15)13(3)31-20(28)23-19-18(24-26-27(19)4)17-10-9-16(12(2)22-17)25-32(5,29)30/h7-11,13,25H,6H2,1-5H3,(H,23,28);6-11,13,25H,1H2,2-5H3,(H,23,28)/t2*13-/m11/s1. The van der Waals surface area contributed by atoms with Gasteiger partial charge in [0.15, 0.2) is 23.0 Å². The van der Waals surface area contributed by atoms with Gasteiger partial charge >= 0.3 is 12.2 Å². The zero-order valence-corrected chi connectivity index (χ0v) is 38.1. The molecule has 0 unspecified atom stereocenters. The molecule has 4 N–H and O–H groups in total. The lowest BCUT2D eigenvalue weighted by Gasteiger charge is -2.16. The van der Waals surface area contributed by atoms with Gasteiger partial charge in [-0.2, -0.15) is 0 Å². The number of rotatable bonds is 14. The van der Waals surface area contributed by atoms with Crippen LogP contribution >= 0.6 is 0 Å². The monoisotopic (exact) mass is 916 g/mol. The van der Waals surface area contributed by atoms with E-state index in [1.54, 1.807) is 103 Å². The molecule has 24 heteroatoms. The number of pyridine rings is 4. The van der Waals surface area contributed by atoms with Crippen molar-refractivity contribution in [3.8, 4) is 22.8 Å². The first-order valence-corrected chi connectivity index (χ1v) is 23.1. The molecule has 0 aliphatic carbocycles. The number of amides is 2. The van der Waals surface area contributed by atoms with E-state index in [-0.39, 0.29) is 5.82 Å². The molecule has 0 saturated heterocycles. The van der Waals surface area contributed by atoms with Gasteiger partial charge in [0.2, 0.25) is 20.0 Å². The Bertz CT molecular complexity index is 2900. The zero-order valence-electron chi connectivity index (χ0n) is 36.5.